The Balaban J connectivity index is 1.42. The van der Waals surface area contributed by atoms with Gasteiger partial charge >= 0.3 is 0 Å². The Hall–Kier alpha value is -2.48. The summed E-state index contributed by atoms with van der Waals surface area (Å²) in [6.07, 6.45) is 7.74. The van der Waals surface area contributed by atoms with Gasteiger partial charge in [0.05, 0.1) is 19.0 Å². The summed E-state index contributed by atoms with van der Waals surface area (Å²) in [5, 5.41) is 4.14. The second-order valence-corrected chi connectivity index (χ2v) is 6.15. The molecule has 1 aliphatic heterocycles. The molecule has 2 aromatic rings. The lowest BCUT2D eigenvalue weighted by Crippen LogP contribution is -2.45. The Bertz CT molecular complexity index is 728. The summed E-state index contributed by atoms with van der Waals surface area (Å²) in [4.78, 5) is 32.2. The highest BCUT2D eigenvalue weighted by Gasteiger charge is 2.23. The minimum absolute atomic E-state index is 0.00935. The van der Waals surface area contributed by atoms with E-state index in [1.165, 1.54) is 12.4 Å². The van der Waals surface area contributed by atoms with E-state index in [1.807, 2.05) is 21.8 Å². The van der Waals surface area contributed by atoms with E-state index in [1.54, 1.807) is 6.20 Å². The van der Waals surface area contributed by atoms with Crippen LogP contribution in [0.4, 0.5) is 0 Å². The Kier molecular flexibility index (Phi) is 5.95. The maximum Gasteiger partial charge on any atom is 0.250 e. The van der Waals surface area contributed by atoms with Gasteiger partial charge in [-0.1, -0.05) is 0 Å². The monoisotopic (exact) mass is 345 g/mol. The van der Waals surface area contributed by atoms with Crippen LogP contribution in [0.3, 0.4) is 0 Å². The lowest BCUT2D eigenvalue weighted by molar-refractivity contribution is -0.139. The third kappa shape index (κ3) is 5.25. The molecule has 8 nitrogen and oxygen atoms in total. The highest BCUT2D eigenvalue weighted by molar-refractivity contribution is 5.76. The third-order valence-corrected chi connectivity index (χ3v) is 4.29. The van der Waals surface area contributed by atoms with Gasteiger partial charge in [0.25, 0.3) is 5.56 Å². The summed E-state index contributed by atoms with van der Waals surface area (Å²) in [5.74, 6) is 0.162. The number of ether oxygens (including phenoxy) is 1. The Morgan fingerprint density at radius 2 is 2.36 bits per heavy atom. The van der Waals surface area contributed by atoms with E-state index in [-0.39, 0.29) is 17.6 Å². The predicted molar refractivity (Wildman–Crippen MR) is 91.0 cm³/mol. The topological polar surface area (TPSA) is 93.1 Å². The van der Waals surface area contributed by atoms with E-state index >= 15 is 0 Å². The summed E-state index contributed by atoms with van der Waals surface area (Å²) in [6, 6.07) is 3.38. The van der Waals surface area contributed by atoms with Crippen LogP contribution in [0, 0.1) is 0 Å². The molecule has 0 bridgehead atoms. The van der Waals surface area contributed by atoms with Gasteiger partial charge in [0.2, 0.25) is 5.91 Å². The quantitative estimate of drug-likeness (QED) is 0.793. The lowest BCUT2D eigenvalue weighted by atomic mass is 10.1. The maximum absolute atomic E-state index is 12.4. The second-order valence-electron chi connectivity index (χ2n) is 6.15. The van der Waals surface area contributed by atoms with Gasteiger partial charge in [-0.25, -0.2) is 4.98 Å². The van der Waals surface area contributed by atoms with Crippen molar-refractivity contribution in [2.45, 2.75) is 38.3 Å². The van der Waals surface area contributed by atoms with Crippen molar-refractivity contribution in [2.24, 2.45) is 0 Å². The molecule has 1 aliphatic rings. The zero-order valence-corrected chi connectivity index (χ0v) is 14.1. The fourth-order valence-electron chi connectivity index (χ4n) is 2.96. The standard InChI is InChI=1S/C17H23N5O3/c23-16-11-14(18-13-19-16)4-5-15-12-21(9-10-25-15)17(24)3-1-7-22-8-2-6-20-22/h2,6,8,11,13,15H,1,3-5,7,9-10,12H2,(H,18,19,23). The molecule has 1 N–H and O–H groups in total. The molecule has 1 amide bonds. The molecule has 8 heteroatoms. The normalized spacial score (nSPS) is 17.6. The van der Waals surface area contributed by atoms with E-state index in [4.69, 9.17) is 4.74 Å². The SMILES string of the molecule is O=C(CCCn1cccn1)N1CCOC(CCc2cc(=O)[nH]cn2)C1. The average molecular weight is 345 g/mol. The number of morpholine rings is 1. The van der Waals surface area contributed by atoms with Gasteiger partial charge in [-0.3, -0.25) is 14.3 Å². The van der Waals surface area contributed by atoms with Gasteiger partial charge in [-0.2, -0.15) is 5.10 Å². The minimum Gasteiger partial charge on any atom is -0.375 e. The molecule has 134 valence electrons. The predicted octanol–water partition coefficient (Wildman–Crippen LogP) is 0.607. The number of carbonyl (C=O) groups is 1. The number of hydrogen-bond acceptors (Lipinski definition) is 5. The first-order chi connectivity index (χ1) is 12.2. The van der Waals surface area contributed by atoms with E-state index in [2.05, 4.69) is 15.1 Å². The van der Waals surface area contributed by atoms with Gasteiger partial charge in [0.1, 0.15) is 0 Å². The number of rotatable bonds is 7. The highest BCUT2D eigenvalue weighted by Crippen LogP contribution is 2.13. The zero-order chi connectivity index (χ0) is 17.5. The van der Waals surface area contributed by atoms with Gasteiger partial charge in [-0.15, -0.1) is 0 Å². The van der Waals surface area contributed by atoms with Gasteiger partial charge < -0.3 is 14.6 Å². The van der Waals surface area contributed by atoms with Crippen molar-refractivity contribution in [1.29, 1.82) is 0 Å². The summed E-state index contributed by atoms with van der Waals surface area (Å²) >= 11 is 0. The number of amides is 1. The number of aromatic amines is 1. The van der Waals surface area contributed by atoms with Crippen LogP contribution < -0.4 is 5.56 Å². The van der Waals surface area contributed by atoms with E-state index in [0.717, 1.165) is 25.1 Å². The van der Waals surface area contributed by atoms with Gasteiger partial charge in [0, 0.05) is 50.2 Å². The van der Waals surface area contributed by atoms with Crippen LogP contribution >= 0.6 is 0 Å². The van der Waals surface area contributed by atoms with Crippen molar-refractivity contribution in [3.8, 4) is 0 Å². The maximum atomic E-state index is 12.4. The number of nitrogens with one attached hydrogen (secondary N) is 1. The number of hydrogen-bond donors (Lipinski definition) is 1. The van der Waals surface area contributed by atoms with Crippen molar-refractivity contribution in [2.75, 3.05) is 19.7 Å². The molecular weight excluding hydrogens is 322 g/mol. The molecule has 0 spiro atoms. The van der Waals surface area contributed by atoms with Crippen molar-refractivity contribution in [3.05, 3.63) is 46.9 Å². The first kappa shape index (κ1) is 17.3. The average Bonchev–Trinajstić information content (AvgIpc) is 3.14. The van der Waals surface area contributed by atoms with Crippen LogP contribution in [0.25, 0.3) is 0 Å². The second kappa shape index (κ2) is 8.57. The van der Waals surface area contributed by atoms with E-state index < -0.39 is 0 Å². The number of aromatic nitrogens is 4. The fourth-order valence-corrected chi connectivity index (χ4v) is 2.96. The molecule has 1 saturated heterocycles. The Morgan fingerprint density at radius 1 is 1.44 bits per heavy atom. The number of carbonyl (C=O) groups excluding carboxylic acids is 1. The number of H-pyrrole nitrogens is 1. The van der Waals surface area contributed by atoms with Crippen molar-refractivity contribution >= 4 is 5.91 Å². The lowest BCUT2D eigenvalue weighted by Gasteiger charge is -2.33. The summed E-state index contributed by atoms with van der Waals surface area (Å²) < 4.78 is 7.59. The molecule has 3 heterocycles. The smallest absolute Gasteiger partial charge is 0.250 e. The van der Waals surface area contributed by atoms with Crippen molar-refractivity contribution in [1.82, 2.24) is 24.6 Å². The van der Waals surface area contributed by atoms with Crippen LogP contribution in [0.15, 0.2) is 35.6 Å². The molecule has 1 fully saturated rings. The molecule has 1 unspecified atom stereocenters. The molecule has 1 atom stereocenters. The molecule has 0 aromatic carbocycles. The van der Waals surface area contributed by atoms with Crippen molar-refractivity contribution < 1.29 is 9.53 Å². The Morgan fingerprint density at radius 3 is 3.16 bits per heavy atom. The first-order valence-corrected chi connectivity index (χ1v) is 8.61. The molecule has 25 heavy (non-hydrogen) atoms. The van der Waals surface area contributed by atoms with Crippen LogP contribution in [0.5, 0.6) is 0 Å². The van der Waals surface area contributed by atoms with Gasteiger partial charge in [-0.05, 0) is 25.3 Å². The largest absolute Gasteiger partial charge is 0.375 e. The third-order valence-electron chi connectivity index (χ3n) is 4.29. The molecular formula is C17H23N5O3. The van der Waals surface area contributed by atoms with Crippen LogP contribution in [0.1, 0.15) is 25.0 Å². The van der Waals surface area contributed by atoms with Gasteiger partial charge in [0.15, 0.2) is 0 Å². The van der Waals surface area contributed by atoms with Crippen LogP contribution in [-0.2, 0) is 22.5 Å². The molecule has 0 aliphatic carbocycles. The number of aryl methyl sites for hydroxylation is 2. The minimum atomic E-state index is -0.149. The highest BCUT2D eigenvalue weighted by atomic mass is 16.5. The van der Waals surface area contributed by atoms with E-state index in [9.17, 15) is 9.59 Å². The zero-order valence-electron chi connectivity index (χ0n) is 14.1. The number of nitrogens with zero attached hydrogens (tertiary/aromatic N) is 4. The molecule has 0 saturated carbocycles. The van der Waals surface area contributed by atoms with E-state index in [0.29, 0.717) is 32.5 Å². The van der Waals surface area contributed by atoms with Crippen molar-refractivity contribution in [3.63, 3.8) is 0 Å². The Labute approximate surface area is 145 Å². The summed E-state index contributed by atoms with van der Waals surface area (Å²) in [6.45, 7) is 2.54. The fraction of sp³-hybridized carbons (Fsp3) is 0.529. The van der Waals surface area contributed by atoms with Crippen LogP contribution in [0.2, 0.25) is 0 Å². The first-order valence-electron chi connectivity index (χ1n) is 8.61. The summed E-state index contributed by atoms with van der Waals surface area (Å²) in [7, 11) is 0. The molecule has 0 radical (unpaired) electrons. The van der Waals surface area contributed by atoms with Crippen LogP contribution in [-0.4, -0.2) is 56.4 Å². The molecule has 2 aromatic heterocycles. The molecule has 3 rings (SSSR count). The summed E-state index contributed by atoms with van der Waals surface area (Å²) in [5.41, 5.74) is 0.596.